The maximum atomic E-state index is 12.2. The second kappa shape index (κ2) is 5.75. The van der Waals surface area contributed by atoms with Crippen LogP contribution in [0.1, 0.15) is 28.3 Å². The van der Waals surface area contributed by atoms with Crippen LogP contribution in [0.25, 0.3) is 0 Å². The average molecular weight is 290 g/mol. The van der Waals surface area contributed by atoms with Crippen LogP contribution in [0.4, 0.5) is 0 Å². The highest BCUT2D eigenvalue weighted by molar-refractivity contribution is 7.12. The Hall–Kier alpha value is -1.69. The van der Waals surface area contributed by atoms with Gasteiger partial charge in [-0.3, -0.25) is 4.79 Å². The van der Waals surface area contributed by atoms with Crippen molar-refractivity contribution in [3.05, 3.63) is 34.5 Å². The Bertz CT molecular complexity index is 570. The quantitative estimate of drug-likeness (QED) is 0.868. The molecule has 3 rings (SSSR count). The van der Waals surface area contributed by atoms with E-state index >= 15 is 0 Å². The van der Waals surface area contributed by atoms with E-state index in [0.29, 0.717) is 5.92 Å². The molecule has 20 heavy (non-hydrogen) atoms. The van der Waals surface area contributed by atoms with E-state index in [2.05, 4.69) is 10.2 Å². The smallest absolute Gasteiger partial charge is 0.263 e. The third-order valence-electron chi connectivity index (χ3n) is 3.91. The summed E-state index contributed by atoms with van der Waals surface area (Å²) in [6.45, 7) is 1.69. The fourth-order valence-corrected chi connectivity index (χ4v) is 3.34. The number of amides is 1. The van der Waals surface area contributed by atoms with Crippen LogP contribution in [0.3, 0.4) is 0 Å². The van der Waals surface area contributed by atoms with Gasteiger partial charge in [0.25, 0.3) is 5.91 Å². The maximum Gasteiger partial charge on any atom is 0.263 e. The van der Waals surface area contributed by atoms with Crippen molar-refractivity contribution in [1.29, 1.82) is 0 Å². The molecule has 0 bridgehead atoms. The fourth-order valence-electron chi connectivity index (χ4n) is 2.65. The van der Waals surface area contributed by atoms with Crippen LogP contribution in [-0.2, 0) is 13.5 Å². The Morgan fingerprint density at radius 2 is 2.25 bits per heavy atom. The molecule has 6 heteroatoms. The predicted molar refractivity (Wildman–Crippen MR) is 77.7 cm³/mol. The average Bonchev–Trinajstić information content (AvgIpc) is 3.12. The molecule has 106 valence electrons. The van der Waals surface area contributed by atoms with Crippen molar-refractivity contribution in [1.82, 2.24) is 19.7 Å². The standard InChI is InChI=1S/C14H18N4OS/c1-17-10-15-16-13(17)9-11-4-6-18(7-5-11)14(19)12-3-2-8-20-12/h2-3,8,10-11H,4-7,9H2,1H3. The molecular formula is C14H18N4OS. The second-order valence-corrected chi connectivity index (χ2v) is 6.22. The van der Waals surface area contributed by atoms with E-state index in [4.69, 9.17) is 0 Å². The first-order valence-corrected chi connectivity index (χ1v) is 7.77. The molecule has 5 nitrogen and oxygen atoms in total. The SMILES string of the molecule is Cn1cnnc1CC1CCN(C(=O)c2cccs2)CC1. The van der Waals surface area contributed by atoms with E-state index in [1.165, 1.54) is 11.3 Å². The highest BCUT2D eigenvalue weighted by atomic mass is 32.1. The topological polar surface area (TPSA) is 51.0 Å². The van der Waals surface area contributed by atoms with Crippen molar-refractivity contribution in [3.8, 4) is 0 Å². The minimum Gasteiger partial charge on any atom is -0.338 e. The molecule has 1 fully saturated rings. The van der Waals surface area contributed by atoms with Gasteiger partial charge in [-0.1, -0.05) is 6.07 Å². The lowest BCUT2D eigenvalue weighted by molar-refractivity contribution is 0.0694. The number of aryl methyl sites for hydroxylation is 1. The Morgan fingerprint density at radius 3 is 2.85 bits per heavy atom. The highest BCUT2D eigenvalue weighted by Gasteiger charge is 2.25. The summed E-state index contributed by atoms with van der Waals surface area (Å²) >= 11 is 1.52. The predicted octanol–water partition coefficient (Wildman–Crippen LogP) is 1.97. The zero-order valence-corrected chi connectivity index (χ0v) is 12.3. The van der Waals surface area contributed by atoms with Crippen LogP contribution in [0.2, 0.25) is 0 Å². The molecule has 2 aromatic heterocycles. The monoisotopic (exact) mass is 290 g/mol. The fraction of sp³-hybridized carbons (Fsp3) is 0.500. The number of carbonyl (C=O) groups excluding carboxylic acids is 1. The first kappa shape index (κ1) is 13.3. The molecule has 0 radical (unpaired) electrons. The maximum absolute atomic E-state index is 12.2. The van der Waals surface area contributed by atoms with Gasteiger partial charge in [0.1, 0.15) is 12.2 Å². The summed E-state index contributed by atoms with van der Waals surface area (Å²) < 4.78 is 1.98. The Balaban J connectivity index is 1.55. The van der Waals surface area contributed by atoms with Gasteiger partial charge >= 0.3 is 0 Å². The van der Waals surface area contributed by atoms with E-state index in [9.17, 15) is 4.79 Å². The molecule has 0 saturated carbocycles. The van der Waals surface area contributed by atoms with Gasteiger partial charge in [-0.05, 0) is 30.2 Å². The van der Waals surface area contributed by atoms with E-state index in [1.807, 2.05) is 34.0 Å². The summed E-state index contributed by atoms with van der Waals surface area (Å²) in [6, 6.07) is 3.83. The van der Waals surface area contributed by atoms with E-state index in [0.717, 1.165) is 43.1 Å². The summed E-state index contributed by atoms with van der Waals surface area (Å²) in [7, 11) is 1.98. The molecule has 0 spiro atoms. The Morgan fingerprint density at radius 1 is 1.45 bits per heavy atom. The summed E-state index contributed by atoms with van der Waals surface area (Å²) in [4.78, 5) is 15.1. The van der Waals surface area contributed by atoms with Gasteiger partial charge in [0.15, 0.2) is 0 Å². The summed E-state index contributed by atoms with van der Waals surface area (Å²) in [5.41, 5.74) is 0. The summed E-state index contributed by atoms with van der Waals surface area (Å²) in [6.07, 6.45) is 4.79. The van der Waals surface area contributed by atoms with Crippen molar-refractivity contribution in [2.45, 2.75) is 19.3 Å². The van der Waals surface area contributed by atoms with Crippen molar-refractivity contribution >= 4 is 17.2 Å². The van der Waals surface area contributed by atoms with Crippen LogP contribution in [0.5, 0.6) is 0 Å². The lowest BCUT2D eigenvalue weighted by Gasteiger charge is -2.31. The van der Waals surface area contributed by atoms with E-state index in [-0.39, 0.29) is 5.91 Å². The molecule has 1 aliphatic heterocycles. The number of aromatic nitrogens is 3. The zero-order valence-electron chi connectivity index (χ0n) is 11.5. The third kappa shape index (κ3) is 2.75. The molecule has 1 amide bonds. The normalized spacial score (nSPS) is 16.6. The molecule has 1 saturated heterocycles. The molecule has 0 atom stereocenters. The minimum absolute atomic E-state index is 0.178. The van der Waals surface area contributed by atoms with Crippen LogP contribution in [0, 0.1) is 5.92 Å². The second-order valence-electron chi connectivity index (χ2n) is 5.28. The lowest BCUT2D eigenvalue weighted by atomic mass is 9.93. The number of hydrogen-bond acceptors (Lipinski definition) is 4. The molecular weight excluding hydrogens is 272 g/mol. The Kier molecular flexibility index (Phi) is 3.82. The van der Waals surface area contributed by atoms with E-state index < -0.39 is 0 Å². The van der Waals surface area contributed by atoms with Crippen LogP contribution >= 0.6 is 11.3 Å². The van der Waals surface area contributed by atoms with Gasteiger partial charge in [-0.25, -0.2) is 0 Å². The molecule has 0 unspecified atom stereocenters. The van der Waals surface area contributed by atoms with Crippen molar-refractivity contribution < 1.29 is 4.79 Å². The van der Waals surface area contributed by atoms with Crippen LogP contribution in [0.15, 0.2) is 23.8 Å². The number of hydrogen-bond donors (Lipinski definition) is 0. The van der Waals surface area contributed by atoms with Gasteiger partial charge in [-0.2, -0.15) is 0 Å². The van der Waals surface area contributed by atoms with Crippen LogP contribution in [-0.4, -0.2) is 38.7 Å². The number of thiophene rings is 1. The van der Waals surface area contributed by atoms with Gasteiger partial charge < -0.3 is 9.47 Å². The van der Waals surface area contributed by atoms with Crippen molar-refractivity contribution in [2.24, 2.45) is 13.0 Å². The number of carbonyl (C=O) groups is 1. The largest absolute Gasteiger partial charge is 0.338 e. The minimum atomic E-state index is 0.178. The van der Waals surface area contributed by atoms with Gasteiger partial charge in [0.05, 0.1) is 4.88 Å². The molecule has 0 N–H and O–H groups in total. The molecule has 1 aliphatic rings. The molecule has 0 aliphatic carbocycles. The summed E-state index contributed by atoms with van der Waals surface area (Å²) in [5.74, 6) is 1.82. The molecule has 3 heterocycles. The number of piperidine rings is 1. The highest BCUT2D eigenvalue weighted by Crippen LogP contribution is 2.23. The van der Waals surface area contributed by atoms with Gasteiger partial charge in [-0.15, -0.1) is 21.5 Å². The summed E-state index contributed by atoms with van der Waals surface area (Å²) in [5, 5.41) is 10.0. The first-order valence-electron chi connectivity index (χ1n) is 6.89. The zero-order chi connectivity index (χ0) is 13.9. The first-order chi connectivity index (χ1) is 9.74. The van der Waals surface area contributed by atoms with Crippen LogP contribution < -0.4 is 0 Å². The number of likely N-dealkylation sites (tertiary alicyclic amines) is 1. The van der Waals surface area contributed by atoms with Crippen molar-refractivity contribution in [3.63, 3.8) is 0 Å². The molecule has 0 aromatic carbocycles. The van der Waals surface area contributed by atoms with Gasteiger partial charge in [0, 0.05) is 26.6 Å². The Labute approximate surface area is 122 Å². The van der Waals surface area contributed by atoms with E-state index in [1.54, 1.807) is 6.33 Å². The van der Waals surface area contributed by atoms with Gasteiger partial charge in [0.2, 0.25) is 0 Å². The lowest BCUT2D eigenvalue weighted by Crippen LogP contribution is -2.38. The van der Waals surface area contributed by atoms with Crippen molar-refractivity contribution in [2.75, 3.05) is 13.1 Å². The number of nitrogens with zero attached hydrogens (tertiary/aromatic N) is 4. The molecule has 2 aromatic rings. The number of rotatable bonds is 3. The third-order valence-corrected chi connectivity index (χ3v) is 4.77.